The van der Waals surface area contributed by atoms with E-state index in [-0.39, 0.29) is 0 Å². The number of ether oxygens (including phenoxy) is 2. The van der Waals surface area contributed by atoms with E-state index in [1.165, 1.54) is 0 Å². The molecule has 4 rings (SSSR count). The maximum absolute atomic E-state index is 14.9. The highest BCUT2D eigenvalue weighted by Crippen LogP contribution is 2.44. The molecule has 246 valence electrons. The van der Waals surface area contributed by atoms with Gasteiger partial charge >= 0.3 is 12.4 Å². The van der Waals surface area contributed by atoms with Gasteiger partial charge in [-0.05, 0) is 35.4 Å². The van der Waals surface area contributed by atoms with Crippen LogP contribution in [0.1, 0.15) is 23.2 Å². The lowest BCUT2D eigenvalue weighted by atomic mass is 10.0. The molecule has 2 unspecified atom stereocenters. The fourth-order valence-electron chi connectivity index (χ4n) is 3.94. The normalized spacial score (nSPS) is 13.5. The topological polar surface area (TPSA) is 70.5 Å². The van der Waals surface area contributed by atoms with Gasteiger partial charge in [0.15, 0.2) is 23.3 Å². The van der Waals surface area contributed by atoms with Gasteiger partial charge < -0.3 is 20.9 Å². The molecule has 46 heavy (non-hydrogen) atoms. The molecule has 2 atom stereocenters. The molecule has 0 fully saturated rings. The van der Waals surface area contributed by atoms with Crippen LogP contribution in [0.25, 0.3) is 11.1 Å². The third kappa shape index (κ3) is 6.39. The van der Waals surface area contributed by atoms with Crippen molar-refractivity contribution in [2.45, 2.75) is 24.4 Å². The fourth-order valence-corrected chi connectivity index (χ4v) is 3.94. The summed E-state index contributed by atoms with van der Waals surface area (Å²) in [5.74, 6) is -25.5. The lowest BCUT2D eigenvalue weighted by molar-refractivity contribution is -0.149. The lowest BCUT2D eigenvalue weighted by Crippen LogP contribution is -2.28. The van der Waals surface area contributed by atoms with Gasteiger partial charge in [-0.3, -0.25) is 0 Å². The SMILES string of the molecule is NC(c1ccc(Oc2c(F)c(F)c(-c3c(F)c(F)c(Oc4ccc(C(N)C(F)(F)F)cc4)c(F)c3F)c(F)c2F)cc1)C(F)(F)F. The average molecular weight is 676 g/mol. The fraction of sp³-hybridized carbons (Fsp3) is 0.143. The van der Waals surface area contributed by atoms with Gasteiger partial charge in [0, 0.05) is 0 Å². The Kier molecular flexibility index (Phi) is 9.18. The van der Waals surface area contributed by atoms with Crippen molar-refractivity contribution in [2.75, 3.05) is 0 Å². The van der Waals surface area contributed by atoms with E-state index in [4.69, 9.17) is 11.5 Å². The van der Waals surface area contributed by atoms with Crippen LogP contribution < -0.4 is 20.9 Å². The Morgan fingerprint density at radius 2 is 0.652 bits per heavy atom. The minimum absolute atomic E-state index is 0.543. The maximum atomic E-state index is 14.9. The van der Waals surface area contributed by atoms with Gasteiger partial charge in [0.25, 0.3) is 0 Å². The molecule has 4 aromatic carbocycles. The molecule has 0 aliphatic rings. The van der Waals surface area contributed by atoms with E-state index in [0.29, 0.717) is 48.5 Å². The van der Waals surface area contributed by atoms with Crippen LogP contribution in [-0.4, -0.2) is 12.4 Å². The summed E-state index contributed by atoms with van der Waals surface area (Å²) in [6.07, 6.45) is -9.76. The first-order chi connectivity index (χ1) is 21.2. The van der Waals surface area contributed by atoms with Gasteiger partial charge in [-0.1, -0.05) is 24.3 Å². The zero-order chi connectivity index (χ0) is 34.5. The zero-order valence-corrected chi connectivity index (χ0v) is 22.0. The van der Waals surface area contributed by atoms with Gasteiger partial charge in [0.2, 0.25) is 34.8 Å². The van der Waals surface area contributed by atoms with E-state index in [1.807, 2.05) is 0 Å². The first-order valence-corrected chi connectivity index (χ1v) is 12.2. The molecule has 0 aliphatic heterocycles. The predicted octanol–water partition coefficient (Wildman–Crippen LogP) is 9.18. The van der Waals surface area contributed by atoms with Crippen LogP contribution in [-0.2, 0) is 0 Å². The molecule has 0 saturated heterocycles. The Morgan fingerprint density at radius 1 is 0.413 bits per heavy atom. The molecule has 4 aromatic rings. The van der Waals surface area contributed by atoms with Gasteiger partial charge in [-0.25, -0.2) is 17.6 Å². The van der Waals surface area contributed by atoms with Crippen molar-refractivity contribution < 1.29 is 70.9 Å². The quantitative estimate of drug-likeness (QED) is 0.151. The maximum Gasteiger partial charge on any atom is 0.407 e. The van der Waals surface area contributed by atoms with Crippen molar-refractivity contribution in [1.29, 1.82) is 0 Å². The molecular formula is C28H14F14N2O2. The van der Waals surface area contributed by atoms with Crippen LogP contribution in [0, 0.1) is 46.5 Å². The number of benzene rings is 4. The summed E-state index contributed by atoms with van der Waals surface area (Å²) in [5.41, 5.74) is 4.40. The molecule has 4 nitrogen and oxygen atoms in total. The molecule has 0 bridgehead atoms. The summed E-state index contributed by atoms with van der Waals surface area (Å²) in [6.45, 7) is 0. The second-order valence-corrected chi connectivity index (χ2v) is 9.30. The van der Waals surface area contributed by atoms with Gasteiger partial charge in [-0.15, -0.1) is 0 Å². The average Bonchev–Trinajstić information content (AvgIpc) is 3.00. The van der Waals surface area contributed by atoms with Crippen molar-refractivity contribution in [2.24, 2.45) is 11.5 Å². The van der Waals surface area contributed by atoms with E-state index in [0.717, 1.165) is 0 Å². The zero-order valence-electron chi connectivity index (χ0n) is 22.0. The van der Waals surface area contributed by atoms with Crippen molar-refractivity contribution in [1.82, 2.24) is 0 Å². The van der Waals surface area contributed by atoms with E-state index in [9.17, 15) is 61.5 Å². The van der Waals surface area contributed by atoms with E-state index < -0.39 is 116 Å². The number of alkyl halides is 6. The summed E-state index contributed by atoms with van der Waals surface area (Å²) >= 11 is 0. The van der Waals surface area contributed by atoms with Crippen molar-refractivity contribution in [3.05, 3.63) is 106 Å². The van der Waals surface area contributed by atoms with E-state index in [1.54, 1.807) is 0 Å². The summed E-state index contributed by atoms with van der Waals surface area (Å²) < 4.78 is 205. The number of rotatable bonds is 7. The standard InChI is InChI=1S/C28H14F14N2O2/c29-15-13(16(30)20(34)23(19(15)33)45-11-5-1-9(2-6-11)25(43)27(37,38)39)14-17(31)21(35)24(22(36)18(14)32)46-12-7-3-10(4-8-12)26(44)28(40,41)42/h1-8,25-26H,43-44H2. The Labute approximate surface area is 247 Å². The number of nitrogens with two attached hydrogens (primary N) is 2. The first kappa shape index (κ1) is 34.3. The molecule has 0 saturated carbocycles. The van der Waals surface area contributed by atoms with Crippen LogP contribution >= 0.6 is 0 Å². The second-order valence-electron chi connectivity index (χ2n) is 9.30. The van der Waals surface area contributed by atoms with Crippen LogP contribution in [0.3, 0.4) is 0 Å². The van der Waals surface area contributed by atoms with Crippen molar-refractivity contribution in [3.63, 3.8) is 0 Å². The van der Waals surface area contributed by atoms with Gasteiger partial charge in [-0.2, -0.15) is 43.9 Å². The van der Waals surface area contributed by atoms with Crippen molar-refractivity contribution >= 4 is 0 Å². The summed E-state index contributed by atoms with van der Waals surface area (Å²) in [6, 6.07) is 0.603. The predicted molar refractivity (Wildman–Crippen MR) is 131 cm³/mol. The van der Waals surface area contributed by atoms with Gasteiger partial charge in [0.05, 0.1) is 11.1 Å². The van der Waals surface area contributed by atoms with Crippen LogP contribution in [0.2, 0.25) is 0 Å². The number of hydrogen-bond donors (Lipinski definition) is 2. The Morgan fingerprint density at radius 3 is 0.870 bits per heavy atom. The molecule has 0 aromatic heterocycles. The smallest absolute Gasteiger partial charge is 0.407 e. The summed E-state index contributed by atoms with van der Waals surface area (Å²) in [4.78, 5) is 0. The van der Waals surface area contributed by atoms with E-state index in [2.05, 4.69) is 9.47 Å². The van der Waals surface area contributed by atoms with Crippen LogP contribution in [0.15, 0.2) is 48.5 Å². The molecular weight excluding hydrogens is 662 g/mol. The van der Waals surface area contributed by atoms with Gasteiger partial charge in [0.1, 0.15) is 23.6 Å². The summed E-state index contributed by atoms with van der Waals surface area (Å²) in [7, 11) is 0. The Bertz CT molecular complexity index is 1580. The highest BCUT2D eigenvalue weighted by atomic mass is 19.4. The molecule has 0 spiro atoms. The highest BCUT2D eigenvalue weighted by Gasteiger charge is 2.39. The van der Waals surface area contributed by atoms with Crippen LogP contribution in [0.5, 0.6) is 23.0 Å². The third-order valence-corrected chi connectivity index (χ3v) is 6.32. The molecule has 4 N–H and O–H groups in total. The monoisotopic (exact) mass is 676 g/mol. The van der Waals surface area contributed by atoms with Crippen LogP contribution in [0.4, 0.5) is 61.5 Å². The molecule has 18 heteroatoms. The number of hydrogen-bond acceptors (Lipinski definition) is 4. The third-order valence-electron chi connectivity index (χ3n) is 6.32. The Balaban J connectivity index is 1.71. The lowest BCUT2D eigenvalue weighted by Gasteiger charge is -2.18. The highest BCUT2D eigenvalue weighted by molar-refractivity contribution is 5.69. The van der Waals surface area contributed by atoms with Crippen molar-refractivity contribution in [3.8, 4) is 34.1 Å². The van der Waals surface area contributed by atoms with E-state index >= 15 is 0 Å². The minimum Gasteiger partial charge on any atom is -0.451 e. The Hall–Kier alpha value is -4.58. The first-order valence-electron chi connectivity index (χ1n) is 12.2. The minimum atomic E-state index is -4.88. The second kappa shape index (κ2) is 12.3. The summed E-state index contributed by atoms with van der Waals surface area (Å²) in [5, 5.41) is 0. The number of halogens is 14. The molecule has 0 radical (unpaired) electrons. The largest absolute Gasteiger partial charge is 0.451 e. The molecule has 0 amide bonds. The molecule has 0 aliphatic carbocycles. The molecule has 0 heterocycles.